The zero-order valence-electron chi connectivity index (χ0n) is 21.1. The van der Waals surface area contributed by atoms with Gasteiger partial charge >= 0.3 is 11.8 Å². The highest BCUT2D eigenvalue weighted by molar-refractivity contribution is 5.88. The number of nitrogens with one attached hydrogen (secondary N) is 2. The number of rotatable bonds is 6. The Bertz CT molecular complexity index is 1520. The van der Waals surface area contributed by atoms with Gasteiger partial charge in [-0.05, 0) is 55.9 Å². The third-order valence-electron chi connectivity index (χ3n) is 7.48. The molecule has 0 unspecified atom stereocenters. The number of pyridine rings is 1. The number of aryl methyl sites for hydroxylation is 2. The monoisotopic (exact) mass is 501 g/mol. The van der Waals surface area contributed by atoms with Gasteiger partial charge in [0.25, 0.3) is 0 Å². The van der Waals surface area contributed by atoms with Crippen LogP contribution in [0.1, 0.15) is 51.0 Å². The number of fused-ring (bicyclic) bond motifs is 1. The van der Waals surface area contributed by atoms with Crippen LogP contribution in [-0.2, 0) is 18.8 Å². The molecule has 3 heterocycles. The summed E-state index contributed by atoms with van der Waals surface area (Å²) < 4.78 is 10.8. The normalized spacial score (nSPS) is 16.2. The maximum Gasteiger partial charge on any atom is 0.411 e. The average Bonchev–Trinajstić information content (AvgIpc) is 3.57. The van der Waals surface area contributed by atoms with E-state index in [1.54, 1.807) is 28.7 Å². The number of carbonyl (C=O) groups excluding carboxylic acids is 1. The minimum atomic E-state index is -0.455. The number of carbonyl (C=O) groups is 1. The van der Waals surface area contributed by atoms with Gasteiger partial charge in [-0.15, -0.1) is 0 Å². The molecule has 0 atom stereocenters. The molecule has 3 aromatic heterocycles. The lowest BCUT2D eigenvalue weighted by molar-refractivity contribution is 0.0624. The van der Waals surface area contributed by atoms with Crippen LogP contribution in [0.15, 0.2) is 47.7 Å². The first kappa shape index (κ1) is 23.3. The predicted molar refractivity (Wildman–Crippen MR) is 142 cm³/mol. The summed E-state index contributed by atoms with van der Waals surface area (Å²) in [5.74, 6) is 0.621. The van der Waals surface area contributed by atoms with Crippen LogP contribution in [0.25, 0.3) is 22.2 Å². The summed E-state index contributed by atoms with van der Waals surface area (Å²) in [7, 11) is 3.66. The van der Waals surface area contributed by atoms with Gasteiger partial charge in [0, 0.05) is 49.3 Å². The minimum Gasteiger partial charge on any atom is -0.446 e. The van der Waals surface area contributed by atoms with Crippen LogP contribution in [0, 0.1) is 0 Å². The molecule has 0 aliphatic heterocycles. The highest BCUT2D eigenvalue weighted by atomic mass is 16.6. The fourth-order valence-electron chi connectivity index (χ4n) is 5.28. The van der Waals surface area contributed by atoms with Gasteiger partial charge < -0.3 is 10.1 Å². The van der Waals surface area contributed by atoms with Crippen LogP contribution < -0.4 is 16.3 Å². The van der Waals surface area contributed by atoms with E-state index in [2.05, 4.69) is 20.7 Å². The molecule has 1 aromatic carbocycles. The average molecular weight is 502 g/mol. The first-order chi connectivity index (χ1) is 17.9. The molecule has 2 aliphatic rings. The Kier molecular flexibility index (Phi) is 5.94. The fraction of sp³-hybridized carbons (Fsp3) is 0.407. The number of benzene rings is 1. The number of aromatic nitrogens is 5. The summed E-state index contributed by atoms with van der Waals surface area (Å²) >= 11 is 0. The van der Waals surface area contributed by atoms with Gasteiger partial charge in [0.1, 0.15) is 11.9 Å². The van der Waals surface area contributed by atoms with Crippen LogP contribution in [0.5, 0.6) is 0 Å². The molecule has 2 aliphatic carbocycles. The number of hydrogen-bond donors (Lipinski definition) is 2. The molecule has 0 bridgehead atoms. The largest absolute Gasteiger partial charge is 0.446 e. The summed E-state index contributed by atoms with van der Waals surface area (Å²) in [4.78, 5) is 30.1. The van der Waals surface area contributed by atoms with Crippen LogP contribution >= 0.6 is 0 Å². The molecule has 192 valence electrons. The second kappa shape index (κ2) is 9.42. The topological polar surface area (TPSA) is 108 Å². The lowest BCUT2D eigenvalue weighted by atomic mass is 9.96. The molecule has 4 aromatic rings. The smallest absolute Gasteiger partial charge is 0.411 e. The lowest BCUT2D eigenvalue weighted by Gasteiger charge is -2.25. The first-order valence-corrected chi connectivity index (χ1v) is 12.9. The van der Waals surface area contributed by atoms with Gasteiger partial charge in [-0.2, -0.15) is 5.10 Å². The lowest BCUT2D eigenvalue weighted by Crippen LogP contribution is -2.27. The molecule has 10 nitrogen and oxygen atoms in total. The second-order valence-corrected chi connectivity index (χ2v) is 10.1. The van der Waals surface area contributed by atoms with Crippen LogP contribution in [0.3, 0.4) is 0 Å². The van der Waals surface area contributed by atoms with E-state index in [9.17, 15) is 9.59 Å². The van der Waals surface area contributed by atoms with Crippen molar-refractivity contribution in [3.05, 3.63) is 53.3 Å². The van der Waals surface area contributed by atoms with E-state index in [1.165, 1.54) is 0 Å². The number of amides is 1. The SMILES string of the molecule is Cn1cc(-c2cc(NC(=O)OC3CCC3)cc(Nc3cc4c(cn3)n(C)c(=O)n4C3CCCC3)c2)cn1. The van der Waals surface area contributed by atoms with E-state index >= 15 is 0 Å². The number of hydrogen-bond acceptors (Lipinski definition) is 6. The van der Waals surface area contributed by atoms with Crippen molar-refractivity contribution in [2.24, 2.45) is 14.1 Å². The van der Waals surface area contributed by atoms with Crippen LogP contribution in [0.4, 0.5) is 22.0 Å². The molecule has 0 spiro atoms. The molecule has 0 saturated heterocycles. The van der Waals surface area contributed by atoms with Gasteiger partial charge in [-0.3, -0.25) is 19.1 Å². The zero-order chi connectivity index (χ0) is 25.5. The second-order valence-electron chi connectivity index (χ2n) is 10.1. The maximum atomic E-state index is 13.0. The van der Waals surface area contributed by atoms with Crippen molar-refractivity contribution in [1.29, 1.82) is 0 Å². The first-order valence-electron chi connectivity index (χ1n) is 12.9. The number of anilines is 3. The van der Waals surface area contributed by atoms with E-state index in [1.807, 2.05) is 42.1 Å². The summed E-state index contributed by atoms with van der Waals surface area (Å²) in [5.41, 5.74) is 4.85. The standard InChI is InChI=1S/C27H31N7O3/c1-32-16-18(14-29-32)17-10-19(12-20(11-17)31-26(35)37-22-8-5-9-22)30-25-13-23-24(15-28-25)33(2)27(36)34(23)21-6-3-4-7-21/h10-16,21-22H,3-9H2,1-2H3,(H,28,30)(H,31,35). The van der Waals surface area contributed by atoms with Crippen molar-refractivity contribution >= 4 is 34.3 Å². The molecule has 2 fully saturated rings. The van der Waals surface area contributed by atoms with Gasteiger partial charge in [0.05, 0.1) is 23.4 Å². The zero-order valence-corrected chi connectivity index (χ0v) is 21.1. The van der Waals surface area contributed by atoms with Gasteiger partial charge in [-0.25, -0.2) is 14.6 Å². The van der Waals surface area contributed by atoms with Crippen molar-refractivity contribution in [3.8, 4) is 11.1 Å². The van der Waals surface area contributed by atoms with E-state index in [4.69, 9.17) is 4.74 Å². The summed E-state index contributed by atoms with van der Waals surface area (Å²) in [6.45, 7) is 0. The third kappa shape index (κ3) is 4.59. The van der Waals surface area contributed by atoms with Crippen LogP contribution in [-0.4, -0.2) is 36.1 Å². The molecule has 6 rings (SSSR count). The van der Waals surface area contributed by atoms with Crippen molar-refractivity contribution in [2.75, 3.05) is 10.6 Å². The van der Waals surface area contributed by atoms with Crippen molar-refractivity contribution < 1.29 is 9.53 Å². The maximum absolute atomic E-state index is 13.0. The summed E-state index contributed by atoms with van der Waals surface area (Å²) in [5, 5.41) is 10.5. The van der Waals surface area contributed by atoms with E-state index in [-0.39, 0.29) is 17.8 Å². The Morgan fingerprint density at radius 3 is 2.43 bits per heavy atom. The number of ether oxygens (including phenoxy) is 1. The molecule has 2 N–H and O–H groups in total. The molecule has 10 heteroatoms. The summed E-state index contributed by atoms with van der Waals surface area (Å²) in [6, 6.07) is 7.89. The van der Waals surface area contributed by atoms with E-state index < -0.39 is 6.09 Å². The molecule has 37 heavy (non-hydrogen) atoms. The molecule has 2 saturated carbocycles. The number of nitrogens with zero attached hydrogens (tertiary/aromatic N) is 5. The van der Waals surface area contributed by atoms with Crippen molar-refractivity contribution in [3.63, 3.8) is 0 Å². The Balaban J connectivity index is 1.34. The van der Waals surface area contributed by atoms with Crippen LogP contribution in [0.2, 0.25) is 0 Å². The Morgan fingerprint density at radius 2 is 1.73 bits per heavy atom. The molecule has 1 amide bonds. The predicted octanol–water partition coefficient (Wildman–Crippen LogP) is 5.10. The van der Waals surface area contributed by atoms with Gasteiger partial charge in [0.15, 0.2) is 0 Å². The number of imidazole rings is 1. The summed E-state index contributed by atoms with van der Waals surface area (Å²) in [6.07, 6.45) is 12.2. The van der Waals surface area contributed by atoms with Crippen molar-refractivity contribution in [2.45, 2.75) is 57.1 Å². The van der Waals surface area contributed by atoms with Crippen molar-refractivity contribution in [1.82, 2.24) is 23.9 Å². The van der Waals surface area contributed by atoms with E-state index in [0.717, 1.165) is 72.8 Å². The van der Waals surface area contributed by atoms with E-state index in [0.29, 0.717) is 11.5 Å². The minimum absolute atomic E-state index is 0.00151. The van der Waals surface area contributed by atoms with Gasteiger partial charge in [0.2, 0.25) is 0 Å². The highest BCUT2D eigenvalue weighted by Gasteiger charge is 2.24. The highest BCUT2D eigenvalue weighted by Crippen LogP contribution is 2.33. The molecular formula is C27H31N7O3. The molecule has 0 radical (unpaired) electrons. The third-order valence-corrected chi connectivity index (χ3v) is 7.48. The Morgan fingerprint density at radius 1 is 0.946 bits per heavy atom. The fourth-order valence-corrected chi connectivity index (χ4v) is 5.28. The quantitative estimate of drug-likeness (QED) is 0.381. The molecular weight excluding hydrogens is 470 g/mol. The Labute approximate surface area is 214 Å². The Hall–Kier alpha value is -4.08. The van der Waals surface area contributed by atoms with Gasteiger partial charge in [-0.1, -0.05) is 12.8 Å².